The van der Waals surface area contributed by atoms with Gasteiger partial charge in [0, 0.05) is 22.2 Å². The Hall–Kier alpha value is -2.29. The number of carbonyl (C=O) groups excluding carboxylic acids is 3. The lowest BCUT2D eigenvalue weighted by Crippen LogP contribution is -2.43. The van der Waals surface area contributed by atoms with Crippen molar-refractivity contribution in [3.63, 3.8) is 0 Å². The Morgan fingerprint density at radius 1 is 1.00 bits per heavy atom. The van der Waals surface area contributed by atoms with Gasteiger partial charge in [-0.2, -0.15) is 0 Å². The Kier molecular flexibility index (Phi) is 8.78. The first-order chi connectivity index (χ1) is 15.3. The van der Waals surface area contributed by atoms with Gasteiger partial charge in [-0.15, -0.1) is 0 Å². The fourth-order valence-corrected chi connectivity index (χ4v) is 4.72. The first-order valence-corrected chi connectivity index (χ1v) is 11.7. The largest absolute Gasteiger partial charge is 0.481 e. The number of carbonyl (C=O) groups is 3. The zero-order chi connectivity index (χ0) is 23.1. The summed E-state index contributed by atoms with van der Waals surface area (Å²) in [7, 11) is 0. The first kappa shape index (κ1) is 24.4. The van der Waals surface area contributed by atoms with Gasteiger partial charge in [0.05, 0.1) is 9.50 Å². The molecule has 1 fully saturated rings. The summed E-state index contributed by atoms with van der Waals surface area (Å²) in [4.78, 5) is 36.6. The predicted octanol–water partition coefficient (Wildman–Crippen LogP) is 5.11. The molecule has 10 heteroatoms. The fraction of sp³-hybridized carbons (Fsp3) is 0.318. The maximum absolute atomic E-state index is 12.3. The van der Waals surface area contributed by atoms with Crippen LogP contribution in [0.15, 0.2) is 40.9 Å². The van der Waals surface area contributed by atoms with Crippen molar-refractivity contribution in [2.24, 2.45) is 5.92 Å². The summed E-state index contributed by atoms with van der Waals surface area (Å²) in [5, 5.41) is 3.56. The van der Waals surface area contributed by atoms with Gasteiger partial charge >= 0.3 is 0 Å². The van der Waals surface area contributed by atoms with E-state index >= 15 is 0 Å². The number of rotatable bonds is 6. The van der Waals surface area contributed by atoms with Crippen molar-refractivity contribution in [1.29, 1.82) is 0 Å². The molecular weight excluding hydrogens is 521 g/mol. The monoisotopic (exact) mass is 541 g/mol. The Morgan fingerprint density at radius 3 is 2.34 bits per heavy atom. The number of halogens is 3. The van der Waals surface area contributed by atoms with Crippen LogP contribution >= 0.6 is 39.1 Å². The lowest BCUT2D eigenvalue weighted by Gasteiger charge is -2.20. The summed E-state index contributed by atoms with van der Waals surface area (Å²) in [6.45, 7) is -0.369. The predicted molar refractivity (Wildman–Crippen MR) is 127 cm³/mol. The first-order valence-electron chi connectivity index (χ1n) is 10.1. The normalized spacial score (nSPS) is 13.8. The summed E-state index contributed by atoms with van der Waals surface area (Å²) in [5.74, 6) is -0.751. The molecule has 7 nitrogen and oxygen atoms in total. The van der Waals surface area contributed by atoms with E-state index in [4.69, 9.17) is 27.9 Å². The molecule has 1 saturated carbocycles. The molecule has 2 aromatic rings. The molecule has 170 valence electrons. The Bertz CT molecular complexity index is 972. The summed E-state index contributed by atoms with van der Waals surface area (Å²) < 4.78 is 5.89. The maximum atomic E-state index is 12.3. The standard InChI is InChI=1S/C22H22BrCl2N3O4/c23-17-10-15(24)11-18(25)20(17)32-12-19(29)27-28-22(31)14-6-8-16(9-7-14)26-21(30)13-4-2-1-3-5-13/h6-11,13H,1-5,12H2,(H,26,30)(H,27,29)(H,28,31). The second kappa shape index (κ2) is 11.5. The Morgan fingerprint density at radius 2 is 1.69 bits per heavy atom. The van der Waals surface area contributed by atoms with E-state index in [1.807, 2.05) is 0 Å². The Balaban J connectivity index is 1.45. The van der Waals surface area contributed by atoms with Crippen LogP contribution in [0.25, 0.3) is 0 Å². The minimum atomic E-state index is -0.576. The molecule has 3 amide bonds. The second-order valence-electron chi connectivity index (χ2n) is 7.39. The number of hydrazine groups is 1. The smallest absolute Gasteiger partial charge is 0.276 e. The van der Waals surface area contributed by atoms with E-state index in [1.165, 1.54) is 12.5 Å². The van der Waals surface area contributed by atoms with E-state index in [0.29, 0.717) is 20.7 Å². The molecule has 0 radical (unpaired) electrons. The average Bonchev–Trinajstić information content (AvgIpc) is 2.77. The highest BCUT2D eigenvalue weighted by Crippen LogP contribution is 2.36. The molecule has 32 heavy (non-hydrogen) atoms. The highest BCUT2D eigenvalue weighted by Gasteiger charge is 2.21. The number of hydrogen-bond acceptors (Lipinski definition) is 4. The van der Waals surface area contributed by atoms with Crippen molar-refractivity contribution in [2.45, 2.75) is 32.1 Å². The zero-order valence-electron chi connectivity index (χ0n) is 17.1. The summed E-state index contributed by atoms with van der Waals surface area (Å²) in [6, 6.07) is 9.52. The highest BCUT2D eigenvalue weighted by atomic mass is 79.9. The van der Waals surface area contributed by atoms with Gasteiger partial charge < -0.3 is 10.1 Å². The SMILES string of the molecule is O=C(COc1c(Cl)cc(Cl)cc1Br)NNC(=O)c1ccc(NC(=O)C2CCCCC2)cc1. The van der Waals surface area contributed by atoms with Gasteiger partial charge in [0.1, 0.15) is 0 Å². The molecule has 0 saturated heterocycles. The number of ether oxygens (including phenoxy) is 1. The van der Waals surface area contributed by atoms with Gasteiger partial charge in [0.25, 0.3) is 11.8 Å². The van der Waals surface area contributed by atoms with Crippen LogP contribution in [0, 0.1) is 5.92 Å². The van der Waals surface area contributed by atoms with Gasteiger partial charge in [-0.1, -0.05) is 42.5 Å². The van der Waals surface area contributed by atoms with Crippen molar-refractivity contribution in [3.05, 3.63) is 56.5 Å². The topological polar surface area (TPSA) is 96.5 Å². The lowest BCUT2D eigenvalue weighted by molar-refractivity contribution is -0.124. The van der Waals surface area contributed by atoms with Crippen LogP contribution < -0.4 is 20.9 Å². The van der Waals surface area contributed by atoms with Crippen LogP contribution in [0.1, 0.15) is 42.5 Å². The summed E-state index contributed by atoms with van der Waals surface area (Å²) in [5.41, 5.74) is 5.54. The van der Waals surface area contributed by atoms with Crippen molar-refractivity contribution < 1.29 is 19.1 Å². The molecule has 0 aliphatic heterocycles. The van der Waals surface area contributed by atoms with Gasteiger partial charge in [0.2, 0.25) is 5.91 Å². The van der Waals surface area contributed by atoms with Crippen molar-refractivity contribution in [2.75, 3.05) is 11.9 Å². The molecule has 1 aliphatic rings. The molecule has 0 atom stereocenters. The molecule has 3 rings (SSSR count). The van der Waals surface area contributed by atoms with Crippen LogP contribution in [-0.4, -0.2) is 24.3 Å². The van der Waals surface area contributed by atoms with E-state index in [1.54, 1.807) is 30.3 Å². The van der Waals surface area contributed by atoms with E-state index in [0.717, 1.165) is 25.7 Å². The summed E-state index contributed by atoms with van der Waals surface area (Å²) >= 11 is 15.2. The second-order valence-corrected chi connectivity index (χ2v) is 9.09. The minimum absolute atomic E-state index is 0.0154. The number of amides is 3. The number of nitrogens with one attached hydrogen (secondary N) is 3. The van der Waals surface area contributed by atoms with Gasteiger partial charge in [0.15, 0.2) is 12.4 Å². The molecule has 0 unspecified atom stereocenters. The lowest BCUT2D eigenvalue weighted by atomic mass is 9.88. The third kappa shape index (κ3) is 6.85. The molecule has 3 N–H and O–H groups in total. The Labute approximate surface area is 204 Å². The van der Waals surface area contributed by atoms with Crippen LogP contribution in [0.3, 0.4) is 0 Å². The minimum Gasteiger partial charge on any atom is -0.481 e. The van der Waals surface area contributed by atoms with E-state index in [9.17, 15) is 14.4 Å². The van der Waals surface area contributed by atoms with Crippen LogP contribution in [-0.2, 0) is 9.59 Å². The van der Waals surface area contributed by atoms with Crippen LogP contribution in [0.2, 0.25) is 10.0 Å². The maximum Gasteiger partial charge on any atom is 0.276 e. The van der Waals surface area contributed by atoms with Crippen molar-refractivity contribution >= 4 is 62.5 Å². The third-order valence-electron chi connectivity index (χ3n) is 5.02. The molecule has 0 aromatic heterocycles. The van der Waals surface area contributed by atoms with Gasteiger partial charge in [-0.25, -0.2) is 0 Å². The number of hydrogen-bond donors (Lipinski definition) is 3. The molecule has 1 aliphatic carbocycles. The number of benzene rings is 2. The molecule has 0 spiro atoms. The fourth-order valence-electron chi connectivity index (χ4n) is 3.35. The van der Waals surface area contributed by atoms with E-state index < -0.39 is 11.8 Å². The quantitative estimate of drug-likeness (QED) is 0.442. The van der Waals surface area contributed by atoms with Crippen molar-refractivity contribution in [3.8, 4) is 5.75 Å². The summed E-state index contributed by atoms with van der Waals surface area (Å²) in [6.07, 6.45) is 5.17. The van der Waals surface area contributed by atoms with Crippen LogP contribution in [0.4, 0.5) is 5.69 Å². The zero-order valence-corrected chi connectivity index (χ0v) is 20.1. The number of anilines is 1. The van der Waals surface area contributed by atoms with Gasteiger partial charge in [-0.05, 0) is 65.2 Å². The molecule has 2 aromatic carbocycles. The average molecular weight is 543 g/mol. The van der Waals surface area contributed by atoms with E-state index in [-0.39, 0.29) is 29.2 Å². The molecular formula is C22H22BrCl2N3O4. The highest BCUT2D eigenvalue weighted by molar-refractivity contribution is 9.10. The van der Waals surface area contributed by atoms with E-state index in [2.05, 4.69) is 32.1 Å². The molecule has 0 heterocycles. The van der Waals surface area contributed by atoms with Crippen LogP contribution in [0.5, 0.6) is 5.75 Å². The molecule has 0 bridgehead atoms. The van der Waals surface area contributed by atoms with Crippen molar-refractivity contribution in [1.82, 2.24) is 10.9 Å². The third-order valence-corrected chi connectivity index (χ3v) is 6.10. The van der Waals surface area contributed by atoms with Gasteiger partial charge in [-0.3, -0.25) is 25.2 Å².